The first kappa shape index (κ1) is 16.3. The summed E-state index contributed by atoms with van der Waals surface area (Å²) in [5, 5.41) is 22.7. The molecule has 0 saturated heterocycles. The number of benzene rings is 3. The van der Waals surface area contributed by atoms with Crippen molar-refractivity contribution in [3.8, 4) is 22.6 Å². The second-order valence-electron chi connectivity index (χ2n) is 8.44. The van der Waals surface area contributed by atoms with Crippen molar-refractivity contribution < 1.29 is 14.9 Å². The molecule has 0 aromatic heterocycles. The molecule has 0 fully saturated rings. The number of nitrogens with zero attached hydrogens (tertiary/aromatic N) is 1. The number of phenols is 1. The van der Waals surface area contributed by atoms with Crippen LogP contribution in [-0.4, -0.2) is 28.7 Å². The molecule has 0 radical (unpaired) electrons. The lowest BCUT2D eigenvalue weighted by Crippen LogP contribution is -2.43. The van der Waals surface area contributed by atoms with Crippen molar-refractivity contribution in [2.45, 2.75) is 34.5 Å². The van der Waals surface area contributed by atoms with Gasteiger partial charge in [0.05, 0.1) is 5.56 Å². The van der Waals surface area contributed by atoms with Gasteiger partial charge in [0.2, 0.25) is 0 Å². The van der Waals surface area contributed by atoms with Gasteiger partial charge in [-0.1, -0.05) is 36.0 Å². The Hall–Kier alpha value is -2.47. The summed E-state index contributed by atoms with van der Waals surface area (Å²) in [5.41, 5.74) is 7.48. The van der Waals surface area contributed by atoms with Crippen LogP contribution in [-0.2, 0) is 18.6 Å². The van der Waals surface area contributed by atoms with Gasteiger partial charge in [0.1, 0.15) is 0 Å². The maximum atomic E-state index is 12.0. The topological polar surface area (TPSA) is 52.9 Å². The fourth-order valence-corrected chi connectivity index (χ4v) is 6.88. The van der Waals surface area contributed by atoms with Crippen LogP contribution in [0, 0.1) is 0 Å². The molecule has 3 aromatic rings. The summed E-state index contributed by atoms with van der Waals surface area (Å²) < 4.78 is 6.29. The van der Waals surface area contributed by atoms with Crippen LogP contribution in [0.2, 0.25) is 0 Å². The summed E-state index contributed by atoms with van der Waals surface area (Å²) in [6.07, 6.45) is 1.89. The first-order valence-corrected chi connectivity index (χ1v) is 10.8. The Morgan fingerprint density at radius 3 is 2.86 bits per heavy atom. The molecule has 3 heterocycles. The lowest BCUT2D eigenvalue weighted by Gasteiger charge is -2.47. The van der Waals surface area contributed by atoms with Gasteiger partial charge in [-0.3, -0.25) is 4.90 Å². The number of hydrogen-bond donors (Lipinski definition) is 2. The lowest BCUT2D eigenvalue weighted by molar-refractivity contribution is -0.116. The van der Waals surface area contributed by atoms with E-state index in [0.717, 1.165) is 51.4 Å². The van der Waals surface area contributed by atoms with Crippen LogP contribution in [0.1, 0.15) is 33.9 Å². The summed E-state index contributed by atoms with van der Waals surface area (Å²) in [6.45, 7) is 1.03. The molecular weight excluding hydrogens is 382 g/mol. The molecule has 4 aliphatic rings. The average molecular weight is 401 g/mol. The number of aliphatic hydroxyl groups is 1. The molecule has 3 aliphatic heterocycles. The molecule has 1 aliphatic carbocycles. The van der Waals surface area contributed by atoms with E-state index in [-0.39, 0.29) is 11.8 Å². The van der Waals surface area contributed by atoms with Crippen molar-refractivity contribution in [3.05, 3.63) is 70.3 Å². The van der Waals surface area contributed by atoms with E-state index >= 15 is 0 Å². The Morgan fingerprint density at radius 1 is 1.10 bits per heavy atom. The van der Waals surface area contributed by atoms with Crippen LogP contribution in [0.15, 0.2) is 52.3 Å². The van der Waals surface area contributed by atoms with Crippen LogP contribution < -0.4 is 4.74 Å². The van der Waals surface area contributed by atoms with E-state index in [4.69, 9.17) is 4.74 Å². The average Bonchev–Trinajstić information content (AvgIpc) is 2.72. The Balaban J connectivity index is 1.67. The van der Waals surface area contributed by atoms with Crippen molar-refractivity contribution in [1.82, 2.24) is 4.90 Å². The van der Waals surface area contributed by atoms with Crippen molar-refractivity contribution >= 4 is 11.8 Å². The van der Waals surface area contributed by atoms with Crippen LogP contribution >= 0.6 is 11.8 Å². The minimum absolute atomic E-state index is 0.0836. The molecule has 2 N–H and O–H groups in total. The van der Waals surface area contributed by atoms with E-state index in [2.05, 4.69) is 18.0 Å². The molecule has 0 bridgehead atoms. The third-order valence-corrected chi connectivity index (χ3v) is 8.08. The minimum atomic E-state index is -1.59. The molecule has 5 heteroatoms. The molecule has 2 atom stereocenters. The van der Waals surface area contributed by atoms with Crippen LogP contribution in [0.4, 0.5) is 0 Å². The van der Waals surface area contributed by atoms with Gasteiger partial charge in [-0.2, -0.15) is 0 Å². The van der Waals surface area contributed by atoms with Gasteiger partial charge in [-0.05, 0) is 54.8 Å². The smallest absolute Gasteiger partial charge is 0.264 e. The molecule has 4 nitrogen and oxygen atoms in total. The van der Waals surface area contributed by atoms with Crippen molar-refractivity contribution in [2.24, 2.45) is 0 Å². The van der Waals surface area contributed by atoms with Crippen molar-refractivity contribution in [2.75, 3.05) is 13.6 Å². The van der Waals surface area contributed by atoms with E-state index in [1.54, 1.807) is 17.8 Å². The van der Waals surface area contributed by atoms with Crippen LogP contribution in [0.25, 0.3) is 11.1 Å². The van der Waals surface area contributed by atoms with Crippen LogP contribution in [0.3, 0.4) is 0 Å². The summed E-state index contributed by atoms with van der Waals surface area (Å²) in [5.74, 6) is -1.10. The zero-order valence-electron chi connectivity index (χ0n) is 15.9. The third kappa shape index (κ3) is 1.84. The fraction of sp³-hybridized carbons (Fsp3) is 0.250. The number of likely N-dealkylation sites (N-methyl/N-ethyl adjacent to an activating group) is 1. The maximum Gasteiger partial charge on any atom is 0.264 e. The third-order valence-electron chi connectivity index (χ3n) is 6.96. The number of aromatic hydroxyl groups is 1. The fourth-order valence-electron chi connectivity index (χ4n) is 5.63. The second-order valence-corrected chi connectivity index (χ2v) is 9.52. The summed E-state index contributed by atoms with van der Waals surface area (Å²) in [7, 11) is 2.18. The monoisotopic (exact) mass is 401 g/mol. The molecule has 7 rings (SSSR count). The first-order valence-electron chi connectivity index (χ1n) is 10.0. The maximum absolute atomic E-state index is 12.0. The van der Waals surface area contributed by atoms with Crippen molar-refractivity contribution in [3.63, 3.8) is 0 Å². The molecule has 0 unspecified atom stereocenters. The number of phenolic OH excluding ortho intramolecular Hbond substituents is 1. The minimum Gasteiger partial charge on any atom is -0.504 e. The second kappa shape index (κ2) is 5.17. The van der Waals surface area contributed by atoms with Gasteiger partial charge in [0.15, 0.2) is 11.5 Å². The molecule has 0 spiro atoms. The zero-order chi connectivity index (χ0) is 19.5. The van der Waals surface area contributed by atoms with Gasteiger partial charge in [0.25, 0.3) is 5.79 Å². The number of hydrogen-bond acceptors (Lipinski definition) is 5. The Morgan fingerprint density at radius 2 is 1.97 bits per heavy atom. The normalized spacial score (nSPS) is 25.1. The predicted octanol–water partition coefficient (Wildman–Crippen LogP) is 4.19. The summed E-state index contributed by atoms with van der Waals surface area (Å²) >= 11 is 1.71. The Bertz CT molecular complexity index is 1250. The standard InChI is InChI=1S/C24H19NO3S/c1-25-9-8-13-11-18-22-21-19(13)15(25)10-12-6-7-16(26)23(20(12)21)28-24(22,27)14-4-2-3-5-17(14)29-18/h2-7,11,15,26-27H,8-10H2,1H3/t15-,24+/m1/s1. The number of fused-ring (bicyclic) bond motifs is 2. The SMILES string of the molecule is CN1CCc2cc3c4c5c2[C@H]1Cc1ccc(O)c(c1-5)O[C@@]4(O)c1ccccc1S3. The molecule has 144 valence electrons. The van der Waals surface area contributed by atoms with E-state index in [1.165, 1.54) is 16.7 Å². The highest BCUT2D eigenvalue weighted by Gasteiger charge is 2.51. The Kier molecular flexibility index (Phi) is 2.91. The van der Waals surface area contributed by atoms with Gasteiger partial charge in [-0.15, -0.1) is 0 Å². The highest BCUT2D eigenvalue weighted by atomic mass is 32.2. The van der Waals surface area contributed by atoms with E-state index < -0.39 is 5.79 Å². The van der Waals surface area contributed by atoms with Gasteiger partial charge >= 0.3 is 0 Å². The summed E-state index contributed by atoms with van der Waals surface area (Å²) in [6, 6.07) is 14.1. The predicted molar refractivity (Wildman–Crippen MR) is 111 cm³/mol. The lowest BCUT2D eigenvalue weighted by atomic mass is 9.72. The van der Waals surface area contributed by atoms with E-state index in [1.807, 2.05) is 30.3 Å². The quantitative estimate of drug-likeness (QED) is 0.592. The zero-order valence-corrected chi connectivity index (χ0v) is 16.7. The molecule has 29 heavy (non-hydrogen) atoms. The molecular formula is C24H19NO3S. The first-order chi connectivity index (χ1) is 14.1. The van der Waals surface area contributed by atoms with Crippen LogP contribution in [0.5, 0.6) is 11.5 Å². The number of rotatable bonds is 0. The van der Waals surface area contributed by atoms with E-state index in [9.17, 15) is 10.2 Å². The largest absolute Gasteiger partial charge is 0.504 e. The van der Waals surface area contributed by atoms with Crippen molar-refractivity contribution in [1.29, 1.82) is 0 Å². The molecule has 3 aromatic carbocycles. The van der Waals surface area contributed by atoms with Gasteiger partial charge in [-0.25, -0.2) is 0 Å². The highest BCUT2D eigenvalue weighted by molar-refractivity contribution is 7.99. The number of ether oxygens (including phenoxy) is 1. The summed E-state index contributed by atoms with van der Waals surface area (Å²) in [4.78, 5) is 4.47. The molecule has 0 amide bonds. The molecule has 0 saturated carbocycles. The van der Waals surface area contributed by atoms with Gasteiger partial charge in [0, 0.05) is 39.1 Å². The highest BCUT2D eigenvalue weighted by Crippen LogP contribution is 2.62. The van der Waals surface area contributed by atoms with Gasteiger partial charge < -0.3 is 14.9 Å². The Labute approximate surface area is 172 Å². The van der Waals surface area contributed by atoms with E-state index in [0.29, 0.717) is 5.75 Å².